The quantitative estimate of drug-likeness (QED) is 0.675. The first kappa shape index (κ1) is 17.7. The van der Waals surface area contributed by atoms with E-state index in [-0.39, 0.29) is 11.8 Å². The van der Waals surface area contributed by atoms with Crippen molar-refractivity contribution in [1.29, 1.82) is 0 Å². The van der Waals surface area contributed by atoms with Crippen LogP contribution in [0.1, 0.15) is 39.0 Å². The maximum atomic E-state index is 13.0. The molecule has 0 aromatic heterocycles. The molecule has 2 N–H and O–H groups in total. The lowest BCUT2D eigenvalue weighted by atomic mass is 9.97. The summed E-state index contributed by atoms with van der Waals surface area (Å²) in [6, 6.07) is -0.752. The normalized spacial score (nSPS) is 30.3. The van der Waals surface area contributed by atoms with Gasteiger partial charge in [0.05, 0.1) is 0 Å². The number of imide groups is 1. The van der Waals surface area contributed by atoms with Crippen molar-refractivity contribution in [1.82, 2.24) is 25.3 Å². The van der Waals surface area contributed by atoms with Gasteiger partial charge < -0.3 is 15.5 Å². The molecule has 8 heteroatoms. The van der Waals surface area contributed by atoms with Gasteiger partial charge in [-0.3, -0.25) is 14.5 Å². The van der Waals surface area contributed by atoms with E-state index < -0.39 is 17.6 Å². The molecule has 8 nitrogen and oxygen atoms in total. The van der Waals surface area contributed by atoms with Crippen LogP contribution in [0.5, 0.6) is 0 Å². The third-order valence-electron chi connectivity index (χ3n) is 6.54. The zero-order chi connectivity index (χ0) is 18.3. The summed E-state index contributed by atoms with van der Waals surface area (Å²) < 4.78 is 0. The highest BCUT2D eigenvalue weighted by molar-refractivity contribution is 6.10. The molecule has 1 saturated carbocycles. The Hall–Kier alpha value is -1.67. The molecular formula is C18H29N5O3. The Morgan fingerprint density at radius 3 is 2.54 bits per heavy atom. The minimum atomic E-state index is -0.750. The topological polar surface area (TPSA) is 85.0 Å². The maximum Gasteiger partial charge on any atom is 0.325 e. The fourth-order valence-corrected chi connectivity index (χ4v) is 4.97. The Morgan fingerprint density at radius 1 is 1.15 bits per heavy atom. The summed E-state index contributed by atoms with van der Waals surface area (Å²) in [5.41, 5.74) is -0.750. The van der Waals surface area contributed by atoms with Crippen LogP contribution in [0.4, 0.5) is 4.79 Å². The van der Waals surface area contributed by atoms with Gasteiger partial charge >= 0.3 is 6.03 Å². The van der Waals surface area contributed by atoms with E-state index in [1.54, 1.807) is 6.92 Å². The lowest BCUT2D eigenvalue weighted by molar-refractivity contribution is -0.142. The summed E-state index contributed by atoms with van der Waals surface area (Å²) in [5, 5.41) is 6.22. The fourth-order valence-electron chi connectivity index (χ4n) is 4.97. The van der Waals surface area contributed by atoms with Gasteiger partial charge in [0, 0.05) is 45.3 Å². The summed E-state index contributed by atoms with van der Waals surface area (Å²) in [6.07, 6.45) is 4.22. The number of carbonyl (C=O) groups excluding carboxylic acids is 3. The molecule has 4 rings (SSSR count). The van der Waals surface area contributed by atoms with Gasteiger partial charge in [-0.1, -0.05) is 12.8 Å². The first-order chi connectivity index (χ1) is 12.5. The van der Waals surface area contributed by atoms with Crippen molar-refractivity contribution in [2.75, 3.05) is 39.3 Å². The summed E-state index contributed by atoms with van der Waals surface area (Å²) >= 11 is 0. The highest BCUT2D eigenvalue weighted by Crippen LogP contribution is 2.36. The van der Waals surface area contributed by atoms with E-state index in [2.05, 4.69) is 15.5 Å². The van der Waals surface area contributed by atoms with Crippen LogP contribution in [0.3, 0.4) is 0 Å². The second-order valence-corrected chi connectivity index (χ2v) is 8.08. The zero-order valence-electron chi connectivity index (χ0n) is 15.5. The summed E-state index contributed by atoms with van der Waals surface area (Å²) in [4.78, 5) is 43.7. The Morgan fingerprint density at radius 2 is 1.85 bits per heavy atom. The monoisotopic (exact) mass is 363 g/mol. The molecule has 3 aliphatic heterocycles. The van der Waals surface area contributed by atoms with E-state index in [0.29, 0.717) is 32.0 Å². The molecule has 2 unspecified atom stereocenters. The number of nitrogens with zero attached hydrogens (tertiary/aromatic N) is 3. The SMILES string of the molecule is CC(C(=O)N1CCC(N2CCNCC2)C1)N1C(=O)NC2(CCCC2)C1=O. The van der Waals surface area contributed by atoms with Crippen molar-refractivity contribution in [2.24, 2.45) is 0 Å². The maximum absolute atomic E-state index is 13.0. The zero-order valence-corrected chi connectivity index (χ0v) is 15.5. The van der Waals surface area contributed by atoms with Gasteiger partial charge in [0.25, 0.3) is 5.91 Å². The smallest absolute Gasteiger partial charge is 0.325 e. The van der Waals surface area contributed by atoms with Crippen molar-refractivity contribution < 1.29 is 14.4 Å². The van der Waals surface area contributed by atoms with E-state index in [1.165, 1.54) is 4.90 Å². The lowest BCUT2D eigenvalue weighted by Crippen LogP contribution is -2.52. The standard InChI is InChI=1S/C18H29N5O3/c1-13(23-16(25)18(20-17(23)26)5-2-3-6-18)15(24)22-9-4-14(12-22)21-10-7-19-8-11-21/h13-14,19H,2-12H2,1H3,(H,20,26). The van der Waals surface area contributed by atoms with Crippen LogP contribution in [0.25, 0.3) is 0 Å². The van der Waals surface area contributed by atoms with Gasteiger partial charge in [0.1, 0.15) is 11.6 Å². The van der Waals surface area contributed by atoms with E-state index >= 15 is 0 Å². The molecule has 3 heterocycles. The molecule has 1 spiro atoms. The van der Waals surface area contributed by atoms with Crippen LogP contribution in [-0.4, -0.2) is 89.4 Å². The number of amides is 4. The summed E-state index contributed by atoms with van der Waals surface area (Å²) in [5.74, 6) is -0.320. The average molecular weight is 363 g/mol. The van der Waals surface area contributed by atoms with E-state index in [0.717, 1.165) is 45.4 Å². The van der Waals surface area contributed by atoms with Gasteiger partial charge in [-0.05, 0) is 26.2 Å². The number of rotatable bonds is 3. The largest absolute Gasteiger partial charge is 0.339 e. The van der Waals surface area contributed by atoms with Crippen molar-refractivity contribution in [2.45, 2.75) is 56.7 Å². The molecular weight excluding hydrogens is 334 g/mol. The second kappa shape index (κ2) is 6.81. The van der Waals surface area contributed by atoms with Crippen LogP contribution in [-0.2, 0) is 9.59 Å². The van der Waals surface area contributed by atoms with Gasteiger partial charge in [0.2, 0.25) is 5.91 Å². The first-order valence-corrected chi connectivity index (χ1v) is 9.91. The Balaban J connectivity index is 1.40. The van der Waals surface area contributed by atoms with Crippen molar-refractivity contribution in [3.63, 3.8) is 0 Å². The first-order valence-electron chi connectivity index (χ1n) is 9.91. The van der Waals surface area contributed by atoms with Crippen molar-refractivity contribution in [3.05, 3.63) is 0 Å². The van der Waals surface area contributed by atoms with Crippen LogP contribution in [0.2, 0.25) is 0 Å². The Kier molecular flexibility index (Phi) is 4.64. The number of piperazine rings is 1. The van der Waals surface area contributed by atoms with Gasteiger partial charge in [0.15, 0.2) is 0 Å². The predicted octanol–water partition coefficient (Wildman–Crippen LogP) is -0.254. The molecule has 0 aromatic rings. The molecule has 0 aromatic carbocycles. The number of nitrogens with one attached hydrogen (secondary N) is 2. The van der Waals surface area contributed by atoms with Gasteiger partial charge in [-0.15, -0.1) is 0 Å². The van der Waals surface area contributed by atoms with Crippen LogP contribution in [0, 0.1) is 0 Å². The number of likely N-dealkylation sites (tertiary alicyclic amines) is 1. The molecule has 4 fully saturated rings. The fraction of sp³-hybridized carbons (Fsp3) is 0.833. The van der Waals surface area contributed by atoms with Crippen molar-refractivity contribution >= 4 is 17.8 Å². The lowest BCUT2D eigenvalue weighted by Gasteiger charge is -2.33. The Bertz CT molecular complexity index is 598. The van der Waals surface area contributed by atoms with E-state index in [4.69, 9.17) is 0 Å². The molecule has 26 heavy (non-hydrogen) atoms. The van der Waals surface area contributed by atoms with Crippen LogP contribution in [0.15, 0.2) is 0 Å². The highest BCUT2D eigenvalue weighted by Gasteiger charge is 2.55. The van der Waals surface area contributed by atoms with E-state index in [1.807, 2.05) is 4.90 Å². The number of hydrogen-bond acceptors (Lipinski definition) is 5. The summed E-state index contributed by atoms with van der Waals surface area (Å²) in [7, 11) is 0. The molecule has 2 atom stereocenters. The molecule has 0 radical (unpaired) electrons. The van der Waals surface area contributed by atoms with Gasteiger partial charge in [-0.25, -0.2) is 9.69 Å². The average Bonchev–Trinajstić information content (AvgIpc) is 3.36. The third kappa shape index (κ3) is 2.89. The van der Waals surface area contributed by atoms with Crippen molar-refractivity contribution in [3.8, 4) is 0 Å². The molecule has 4 amide bonds. The molecule has 0 bridgehead atoms. The number of hydrogen-bond donors (Lipinski definition) is 2. The Labute approximate surface area is 154 Å². The minimum Gasteiger partial charge on any atom is -0.339 e. The predicted molar refractivity (Wildman–Crippen MR) is 95.5 cm³/mol. The van der Waals surface area contributed by atoms with Crippen LogP contribution >= 0.6 is 0 Å². The van der Waals surface area contributed by atoms with E-state index in [9.17, 15) is 14.4 Å². The molecule has 1 aliphatic carbocycles. The third-order valence-corrected chi connectivity index (χ3v) is 6.54. The number of urea groups is 1. The summed E-state index contributed by atoms with van der Waals surface area (Å²) in [6.45, 7) is 7.09. The highest BCUT2D eigenvalue weighted by atomic mass is 16.2. The second-order valence-electron chi connectivity index (χ2n) is 8.08. The number of carbonyl (C=O) groups is 3. The molecule has 3 saturated heterocycles. The molecule has 4 aliphatic rings. The minimum absolute atomic E-state index is 0.110. The van der Waals surface area contributed by atoms with Gasteiger partial charge in [-0.2, -0.15) is 0 Å². The van der Waals surface area contributed by atoms with Crippen LogP contribution < -0.4 is 10.6 Å². The molecule has 144 valence electrons.